The molecule has 1 aliphatic rings. The number of hydrogen-bond acceptors (Lipinski definition) is 4. The Morgan fingerprint density at radius 2 is 2.33 bits per heavy atom. The number of nitrogens with one attached hydrogen (secondary N) is 1. The van der Waals surface area contributed by atoms with Crippen molar-refractivity contribution >= 4 is 28.9 Å². The molecular weight excluding hydrogens is 290 g/mol. The quantitative estimate of drug-likeness (QED) is 0.743. The van der Waals surface area contributed by atoms with Gasteiger partial charge in [0.1, 0.15) is 0 Å². The SMILES string of the molecule is CC1CN(CCC(=O)Nc2ccc(Cl)c(N)c2)CCC1O. The van der Waals surface area contributed by atoms with E-state index in [1.54, 1.807) is 18.2 Å². The fourth-order valence-corrected chi connectivity index (χ4v) is 2.64. The van der Waals surface area contributed by atoms with Gasteiger partial charge in [0.15, 0.2) is 0 Å². The van der Waals surface area contributed by atoms with Gasteiger partial charge in [0.2, 0.25) is 5.91 Å². The molecule has 2 rings (SSSR count). The number of amides is 1. The van der Waals surface area contributed by atoms with Crippen LogP contribution in [0.15, 0.2) is 18.2 Å². The summed E-state index contributed by atoms with van der Waals surface area (Å²) >= 11 is 5.84. The zero-order valence-electron chi connectivity index (χ0n) is 12.2. The van der Waals surface area contributed by atoms with Crippen molar-refractivity contribution in [3.05, 3.63) is 23.2 Å². The van der Waals surface area contributed by atoms with Crippen molar-refractivity contribution in [1.82, 2.24) is 4.90 Å². The van der Waals surface area contributed by atoms with Crippen LogP contribution in [0.3, 0.4) is 0 Å². The van der Waals surface area contributed by atoms with Gasteiger partial charge < -0.3 is 21.1 Å². The minimum atomic E-state index is -0.216. The number of aliphatic hydroxyl groups excluding tert-OH is 1. The van der Waals surface area contributed by atoms with E-state index in [2.05, 4.69) is 10.2 Å². The number of halogens is 1. The first-order valence-electron chi connectivity index (χ1n) is 7.21. The van der Waals surface area contributed by atoms with Crippen LogP contribution in [0.1, 0.15) is 19.8 Å². The molecule has 6 heteroatoms. The molecule has 0 aromatic heterocycles. The van der Waals surface area contributed by atoms with Crippen LogP contribution in [0.4, 0.5) is 11.4 Å². The van der Waals surface area contributed by atoms with Crippen molar-refractivity contribution in [3.63, 3.8) is 0 Å². The molecule has 1 heterocycles. The highest BCUT2D eigenvalue weighted by atomic mass is 35.5. The Balaban J connectivity index is 1.78. The van der Waals surface area contributed by atoms with E-state index in [4.69, 9.17) is 17.3 Å². The summed E-state index contributed by atoms with van der Waals surface area (Å²) in [6.07, 6.45) is 0.981. The van der Waals surface area contributed by atoms with Gasteiger partial charge in [-0.25, -0.2) is 0 Å². The lowest BCUT2D eigenvalue weighted by Crippen LogP contribution is -2.42. The fourth-order valence-electron chi connectivity index (χ4n) is 2.53. The molecule has 2 unspecified atom stereocenters. The topological polar surface area (TPSA) is 78.6 Å². The molecule has 0 bridgehead atoms. The number of benzene rings is 1. The highest BCUT2D eigenvalue weighted by Gasteiger charge is 2.24. The molecule has 21 heavy (non-hydrogen) atoms. The molecular formula is C15H22ClN3O2. The number of rotatable bonds is 4. The Hall–Kier alpha value is -1.30. The van der Waals surface area contributed by atoms with Crippen LogP contribution in [0.2, 0.25) is 5.02 Å². The lowest BCUT2D eigenvalue weighted by Gasteiger charge is -2.34. The second kappa shape index (κ2) is 7.11. The van der Waals surface area contributed by atoms with Gasteiger partial charge in [-0.05, 0) is 30.5 Å². The molecule has 0 saturated carbocycles. The van der Waals surface area contributed by atoms with Crippen LogP contribution in [-0.2, 0) is 4.79 Å². The van der Waals surface area contributed by atoms with Crippen LogP contribution in [0.25, 0.3) is 0 Å². The van der Waals surface area contributed by atoms with E-state index >= 15 is 0 Å². The van der Waals surface area contributed by atoms with Gasteiger partial charge in [0.25, 0.3) is 0 Å². The zero-order valence-corrected chi connectivity index (χ0v) is 12.9. The summed E-state index contributed by atoms with van der Waals surface area (Å²) in [6.45, 7) is 4.41. The number of hydrogen-bond donors (Lipinski definition) is 3. The van der Waals surface area contributed by atoms with Gasteiger partial charge in [0, 0.05) is 31.7 Å². The summed E-state index contributed by atoms with van der Waals surface area (Å²) in [5.74, 6) is 0.216. The number of nitrogens with zero attached hydrogens (tertiary/aromatic N) is 1. The molecule has 0 spiro atoms. The molecule has 1 amide bonds. The second-order valence-electron chi connectivity index (χ2n) is 5.67. The Bertz CT molecular complexity index is 510. The molecule has 1 saturated heterocycles. The number of piperidine rings is 1. The van der Waals surface area contributed by atoms with E-state index in [-0.39, 0.29) is 17.9 Å². The van der Waals surface area contributed by atoms with Crippen LogP contribution in [-0.4, -0.2) is 41.7 Å². The molecule has 1 aromatic rings. The van der Waals surface area contributed by atoms with E-state index in [0.29, 0.717) is 29.4 Å². The normalized spacial score (nSPS) is 23.0. The van der Waals surface area contributed by atoms with Crippen LogP contribution < -0.4 is 11.1 Å². The first kappa shape index (κ1) is 16.1. The molecule has 0 radical (unpaired) electrons. The minimum Gasteiger partial charge on any atom is -0.397 e. The Kier molecular flexibility index (Phi) is 5.45. The van der Waals surface area contributed by atoms with Gasteiger partial charge in [-0.2, -0.15) is 0 Å². The number of carbonyl (C=O) groups excluding carboxylic acids is 1. The smallest absolute Gasteiger partial charge is 0.225 e. The van der Waals surface area contributed by atoms with E-state index in [1.807, 2.05) is 6.92 Å². The number of aliphatic hydroxyl groups is 1. The third-order valence-corrected chi connectivity index (χ3v) is 4.22. The van der Waals surface area contributed by atoms with Crippen molar-refractivity contribution in [3.8, 4) is 0 Å². The maximum Gasteiger partial charge on any atom is 0.225 e. The predicted molar refractivity (Wildman–Crippen MR) is 85.3 cm³/mol. The van der Waals surface area contributed by atoms with Crippen molar-refractivity contribution in [1.29, 1.82) is 0 Å². The van der Waals surface area contributed by atoms with Crippen LogP contribution in [0, 0.1) is 5.92 Å². The number of anilines is 2. The Labute approximate surface area is 130 Å². The maximum absolute atomic E-state index is 11.9. The van der Waals surface area contributed by atoms with Crippen molar-refractivity contribution in [2.24, 2.45) is 5.92 Å². The summed E-state index contributed by atoms with van der Waals surface area (Å²) in [5.41, 5.74) is 6.81. The fraction of sp³-hybridized carbons (Fsp3) is 0.533. The summed E-state index contributed by atoms with van der Waals surface area (Å²) in [4.78, 5) is 14.2. The second-order valence-corrected chi connectivity index (χ2v) is 6.08. The first-order chi connectivity index (χ1) is 9.95. The zero-order chi connectivity index (χ0) is 15.4. The van der Waals surface area contributed by atoms with Gasteiger partial charge in [0.05, 0.1) is 16.8 Å². The molecule has 5 nitrogen and oxygen atoms in total. The lowest BCUT2D eigenvalue weighted by atomic mass is 9.97. The number of likely N-dealkylation sites (tertiary alicyclic amines) is 1. The van der Waals surface area contributed by atoms with E-state index < -0.39 is 0 Å². The Morgan fingerprint density at radius 3 is 3.00 bits per heavy atom. The predicted octanol–water partition coefficient (Wildman–Crippen LogP) is 1.95. The molecule has 116 valence electrons. The monoisotopic (exact) mass is 311 g/mol. The third kappa shape index (κ3) is 4.59. The largest absolute Gasteiger partial charge is 0.397 e. The molecule has 1 aliphatic heterocycles. The van der Waals surface area contributed by atoms with Crippen molar-refractivity contribution in [2.45, 2.75) is 25.9 Å². The lowest BCUT2D eigenvalue weighted by molar-refractivity contribution is -0.116. The highest BCUT2D eigenvalue weighted by molar-refractivity contribution is 6.33. The average Bonchev–Trinajstić information content (AvgIpc) is 2.44. The maximum atomic E-state index is 11.9. The van der Waals surface area contributed by atoms with Gasteiger partial charge in [-0.15, -0.1) is 0 Å². The number of nitrogen functional groups attached to an aromatic ring is 1. The average molecular weight is 312 g/mol. The van der Waals surface area contributed by atoms with Crippen LogP contribution >= 0.6 is 11.6 Å². The molecule has 0 aliphatic carbocycles. The first-order valence-corrected chi connectivity index (χ1v) is 7.59. The molecule has 2 atom stereocenters. The summed E-state index contributed by atoms with van der Waals surface area (Å²) in [7, 11) is 0. The summed E-state index contributed by atoms with van der Waals surface area (Å²) in [5, 5.41) is 13.0. The van der Waals surface area contributed by atoms with E-state index in [9.17, 15) is 9.90 Å². The van der Waals surface area contributed by atoms with Crippen LogP contribution in [0.5, 0.6) is 0 Å². The third-order valence-electron chi connectivity index (χ3n) is 3.88. The van der Waals surface area contributed by atoms with Crippen molar-refractivity contribution < 1.29 is 9.90 Å². The summed E-state index contributed by atoms with van der Waals surface area (Å²) < 4.78 is 0. The van der Waals surface area contributed by atoms with Gasteiger partial charge in [-0.3, -0.25) is 4.79 Å². The van der Waals surface area contributed by atoms with Gasteiger partial charge >= 0.3 is 0 Å². The highest BCUT2D eigenvalue weighted by Crippen LogP contribution is 2.22. The Morgan fingerprint density at radius 1 is 1.57 bits per heavy atom. The van der Waals surface area contributed by atoms with E-state index in [0.717, 1.165) is 19.5 Å². The molecule has 1 aromatic carbocycles. The minimum absolute atomic E-state index is 0.0458. The van der Waals surface area contributed by atoms with Gasteiger partial charge in [-0.1, -0.05) is 18.5 Å². The summed E-state index contributed by atoms with van der Waals surface area (Å²) in [6, 6.07) is 5.05. The van der Waals surface area contributed by atoms with Crippen molar-refractivity contribution in [2.75, 3.05) is 30.7 Å². The van der Waals surface area contributed by atoms with E-state index in [1.165, 1.54) is 0 Å². The number of nitrogens with two attached hydrogens (primary N) is 1. The standard InChI is InChI=1S/C15H22ClN3O2/c1-10-9-19(6-4-14(10)20)7-5-15(21)18-11-2-3-12(16)13(17)8-11/h2-3,8,10,14,20H,4-7,9,17H2,1H3,(H,18,21). The molecule has 4 N–H and O–H groups in total. The molecule has 1 fully saturated rings. The number of carbonyl (C=O) groups is 1.